The molecule has 0 spiro atoms. The summed E-state index contributed by atoms with van der Waals surface area (Å²) in [6.07, 6.45) is -9.13. The van der Waals surface area contributed by atoms with Gasteiger partial charge in [-0.3, -0.25) is 43.4 Å². The third-order valence-electron chi connectivity index (χ3n) is 20.8. The van der Waals surface area contributed by atoms with E-state index in [-0.39, 0.29) is 86.5 Å². The summed E-state index contributed by atoms with van der Waals surface area (Å²) in [5.41, 5.74) is 6.87. The van der Waals surface area contributed by atoms with Crippen molar-refractivity contribution in [3.05, 3.63) is 297 Å². The van der Waals surface area contributed by atoms with Gasteiger partial charge in [0.2, 0.25) is 5.78 Å². The number of carbonyl (C=O) groups excluding carboxylic acids is 7. The molecule has 0 radical (unpaired) electrons. The number of carbonyl (C=O) groups is 7. The van der Waals surface area contributed by atoms with Gasteiger partial charge >= 0.3 is 12.4 Å². The van der Waals surface area contributed by atoms with Crippen LogP contribution in [0.3, 0.4) is 0 Å². The van der Waals surface area contributed by atoms with E-state index in [1.165, 1.54) is 43.0 Å². The molecule has 0 unspecified atom stereocenters. The first-order valence-electron chi connectivity index (χ1n) is 42.0. The zero-order valence-electron chi connectivity index (χ0n) is 75.3. The van der Waals surface area contributed by atoms with E-state index in [2.05, 4.69) is 20.9 Å². The summed E-state index contributed by atoms with van der Waals surface area (Å²) in [5, 5.41) is 11.2. The smallest absolute Gasteiger partial charge is 0.416 e. The Morgan fingerprint density at radius 3 is 1.45 bits per heavy atom. The van der Waals surface area contributed by atoms with E-state index in [1.807, 2.05) is 146 Å². The Balaban J connectivity index is 0.000000184. The summed E-state index contributed by atoms with van der Waals surface area (Å²) in [4.78, 5) is 99.9. The number of fused-ring (bicyclic) bond motifs is 2. The number of hydrogen-bond donors (Lipinski definition) is 3. The molecule has 10 aromatic rings. The average Bonchev–Trinajstić information content (AvgIpc) is 1.59. The second-order valence-electron chi connectivity index (χ2n) is 31.6. The monoisotopic (exact) mass is 1850 g/mol. The highest BCUT2D eigenvalue weighted by Gasteiger charge is 2.43. The van der Waals surface area contributed by atoms with Crippen LogP contribution >= 0.6 is 34.8 Å². The SMILES string of the molecule is CCOc1cccc(OCCN(C)C)c1C(=O)c1ccc(C)c(C(F)(F)F)c1.CCOc1cccc2c1C(=O)N(Cc1ccc(Cl)c(C)c1)C2=O.Cc1cc(NC(=O)c2c(C)cccc2OCCN2CCNCC2)ccc1Cl.Cc1cc(NC(=O)c2ccccc2OCCN(C)C)ccc1Cl.Cc1ccc(N2C(=O)c3c(C)ccc(OCCN(C)C)c3C2=O)cc1C(F)(F)F. The second kappa shape index (κ2) is 47.1. The third kappa shape index (κ3) is 27.4. The van der Waals surface area contributed by atoms with Gasteiger partial charge < -0.3 is 59.1 Å². The topological polar surface area (TPSA) is 230 Å². The van der Waals surface area contributed by atoms with E-state index >= 15 is 0 Å². The normalized spacial score (nSPS) is 12.9. The lowest BCUT2D eigenvalue weighted by molar-refractivity contribution is -0.138. The number of para-hydroxylation sites is 1. The molecule has 0 aliphatic carbocycles. The van der Waals surface area contributed by atoms with Gasteiger partial charge in [-0.2, -0.15) is 26.3 Å². The van der Waals surface area contributed by atoms with Crippen molar-refractivity contribution >= 4 is 93.1 Å². The molecule has 3 N–H and O–H groups in total. The number of aryl methyl sites for hydroxylation is 7. The Labute approximate surface area is 769 Å². The standard InChI is InChI=1S/C21H26ClN3O2.C21H21F3N2O3.C21H24F3NO3.C18H21ClN2O2.C18H16ClNO3/c1-15-4-3-5-19(27-13-12-25-10-8-23-9-11-25)20(15)21(26)24-17-6-7-18(22)16(2)14-17;1-12-5-7-14(11-15(12)21(22,23)24)26-19(27)17-13(2)6-8-16(18(17)20(26)28)29-10-9-25(3)4;1-5-27-17-7-6-8-18(28-12-11-25(3)4)19(17)20(26)15-10-9-14(2)16(13-15)21(22,23)24;1-13-12-14(8-9-16(13)19)20-18(22)15-6-4-5-7-17(15)23-11-10-21(2)3;1-3-23-15-6-4-5-13-16(15)18(22)20(17(13)21)10-12-7-8-14(19)11(2)9-12/h3-7,14,23H,8-13H2,1-2H3,(H,24,26);5-8,11H,9-10H2,1-4H3;6-10,13H,5,11-12H2,1-4H3;4-9,12H,10-11H2,1-3H3,(H,20,22);4-9H,3,10H2,1-2H3. The van der Waals surface area contributed by atoms with Crippen LogP contribution in [0.15, 0.2) is 182 Å². The number of halogens is 9. The summed E-state index contributed by atoms with van der Waals surface area (Å²) in [5.74, 6) is -0.436. The Morgan fingerprint density at radius 1 is 0.423 bits per heavy atom. The Morgan fingerprint density at radius 2 is 0.885 bits per heavy atom. The molecule has 0 saturated carbocycles. The number of amides is 6. The van der Waals surface area contributed by atoms with Gasteiger partial charge in [-0.15, -0.1) is 0 Å². The molecule has 0 bridgehead atoms. The molecule has 13 rings (SSSR count). The van der Waals surface area contributed by atoms with Gasteiger partial charge in [0.05, 0.1) is 70.0 Å². The summed E-state index contributed by atoms with van der Waals surface area (Å²) >= 11 is 18.1. The molecule has 1 saturated heterocycles. The highest BCUT2D eigenvalue weighted by Crippen LogP contribution is 2.42. The van der Waals surface area contributed by atoms with Crippen molar-refractivity contribution in [3.8, 4) is 34.5 Å². The maximum Gasteiger partial charge on any atom is 0.416 e. The van der Waals surface area contributed by atoms with Crippen LogP contribution in [0.5, 0.6) is 34.5 Å². The fourth-order valence-electron chi connectivity index (χ4n) is 13.9. The number of benzene rings is 10. The number of piperazine rings is 1. The molecular formula is C99H108Cl3F6N9O13. The minimum Gasteiger partial charge on any atom is -0.493 e. The van der Waals surface area contributed by atoms with Crippen LogP contribution < -0.4 is 49.3 Å². The summed E-state index contributed by atoms with van der Waals surface area (Å²) in [7, 11) is 11.5. The molecule has 31 heteroatoms. The van der Waals surface area contributed by atoms with Crippen LogP contribution in [-0.4, -0.2) is 200 Å². The Kier molecular flexibility index (Phi) is 36.9. The number of imide groups is 2. The van der Waals surface area contributed by atoms with E-state index in [4.69, 9.17) is 63.2 Å². The largest absolute Gasteiger partial charge is 0.493 e. The molecule has 10 aromatic carbocycles. The summed E-state index contributed by atoms with van der Waals surface area (Å²) < 4.78 is 114. The fourth-order valence-corrected chi connectivity index (χ4v) is 14.2. The van der Waals surface area contributed by atoms with Gasteiger partial charge in [0.25, 0.3) is 35.4 Å². The van der Waals surface area contributed by atoms with E-state index in [1.54, 1.807) is 105 Å². The van der Waals surface area contributed by atoms with Crippen molar-refractivity contribution in [2.75, 3.05) is 150 Å². The molecule has 3 aliphatic heterocycles. The van der Waals surface area contributed by atoms with Gasteiger partial charge in [0.15, 0.2) is 0 Å². The zero-order chi connectivity index (χ0) is 95.0. The van der Waals surface area contributed by atoms with Crippen molar-refractivity contribution < 1.29 is 88.3 Å². The average molecular weight is 1850 g/mol. The van der Waals surface area contributed by atoms with Crippen LogP contribution in [0.4, 0.5) is 43.4 Å². The Bertz CT molecular complexity index is 5710. The van der Waals surface area contributed by atoms with Gasteiger partial charge in [-0.25, -0.2) is 4.90 Å². The fraction of sp³-hybridized carbons (Fsp3) is 0.323. The molecule has 0 aromatic heterocycles. The minimum absolute atomic E-state index is 0.0155. The van der Waals surface area contributed by atoms with Gasteiger partial charge in [-0.05, 0) is 258 Å². The van der Waals surface area contributed by atoms with E-state index in [0.717, 1.165) is 89.8 Å². The number of ketones is 1. The number of ether oxygens (including phenoxy) is 6. The van der Waals surface area contributed by atoms with Gasteiger partial charge in [0.1, 0.15) is 66.5 Å². The van der Waals surface area contributed by atoms with Gasteiger partial charge in [0, 0.05) is 84.4 Å². The maximum absolute atomic E-state index is 13.3. The van der Waals surface area contributed by atoms with Crippen LogP contribution in [0.25, 0.3) is 0 Å². The number of likely N-dealkylation sites (N-methyl/N-ethyl adjacent to an activating group) is 3. The van der Waals surface area contributed by atoms with E-state index in [9.17, 15) is 59.9 Å². The van der Waals surface area contributed by atoms with E-state index < -0.39 is 41.1 Å². The van der Waals surface area contributed by atoms with Crippen molar-refractivity contribution in [2.45, 2.75) is 81.2 Å². The lowest BCUT2D eigenvalue weighted by Crippen LogP contribution is -2.44. The molecule has 22 nitrogen and oxygen atoms in total. The number of hydrogen-bond acceptors (Lipinski definition) is 18. The third-order valence-corrected chi connectivity index (χ3v) is 22.1. The lowest BCUT2D eigenvalue weighted by Gasteiger charge is -2.27. The molecule has 0 atom stereocenters. The Hall–Kier alpha value is -11.9. The number of rotatable bonds is 29. The first-order chi connectivity index (χ1) is 61.7. The molecular weight excluding hydrogens is 1740 g/mol. The number of alkyl halides is 6. The highest BCUT2D eigenvalue weighted by molar-refractivity contribution is 6.36. The first kappa shape index (κ1) is 102. The van der Waals surface area contributed by atoms with Crippen molar-refractivity contribution in [2.24, 2.45) is 0 Å². The minimum atomic E-state index is -4.59. The van der Waals surface area contributed by atoms with Crippen molar-refractivity contribution in [1.82, 2.24) is 29.8 Å². The van der Waals surface area contributed by atoms with Crippen LogP contribution in [0.1, 0.15) is 148 Å². The molecule has 6 amide bonds. The molecule has 690 valence electrons. The van der Waals surface area contributed by atoms with E-state index in [0.29, 0.717) is 119 Å². The van der Waals surface area contributed by atoms with Crippen molar-refractivity contribution in [1.29, 1.82) is 0 Å². The second-order valence-corrected chi connectivity index (χ2v) is 32.8. The summed E-state index contributed by atoms with van der Waals surface area (Å²) in [6.45, 7) is 25.2. The predicted molar refractivity (Wildman–Crippen MR) is 497 cm³/mol. The van der Waals surface area contributed by atoms with Crippen LogP contribution in [-0.2, 0) is 18.9 Å². The first-order valence-corrected chi connectivity index (χ1v) is 43.1. The molecule has 3 heterocycles. The number of anilines is 3. The van der Waals surface area contributed by atoms with Crippen molar-refractivity contribution in [3.63, 3.8) is 0 Å². The highest BCUT2D eigenvalue weighted by atomic mass is 35.5. The summed E-state index contributed by atoms with van der Waals surface area (Å²) in [6, 6.07) is 49.5. The lowest BCUT2D eigenvalue weighted by atomic mass is 9.97. The quantitative estimate of drug-likeness (QED) is 0.0225. The number of nitrogens with zero attached hydrogens (tertiary/aromatic N) is 6. The predicted octanol–water partition coefficient (Wildman–Crippen LogP) is 19.8. The molecule has 130 heavy (non-hydrogen) atoms. The number of nitrogens with one attached hydrogen (secondary N) is 3. The van der Waals surface area contributed by atoms with Gasteiger partial charge in [-0.1, -0.05) is 108 Å². The maximum atomic E-state index is 13.3. The molecule has 3 aliphatic rings. The van der Waals surface area contributed by atoms with Crippen LogP contribution in [0, 0.1) is 48.5 Å². The van der Waals surface area contributed by atoms with Crippen LogP contribution in [0.2, 0.25) is 15.1 Å². The zero-order valence-corrected chi connectivity index (χ0v) is 77.6. The molecule has 1 fully saturated rings.